The van der Waals surface area contributed by atoms with Gasteiger partial charge in [-0.3, -0.25) is 0 Å². The maximum absolute atomic E-state index is 12.2. The average Bonchev–Trinajstić information content (AvgIpc) is 3.03. The Labute approximate surface area is 170 Å². The Bertz CT molecular complexity index is 664. The SMILES string of the molecule is COC(=O)c1[nH]c(C(=O)OC)c2c1OCCCOC(C)(C)C(C)(C)OCCCO2. The number of fused-ring (bicyclic) bond motifs is 1. The average molecular weight is 413 g/mol. The van der Waals surface area contributed by atoms with Crippen LogP contribution in [0, 0.1) is 0 Å². The number of carbonyl (C=O) groups excluding carboxylic acids is 2. The largest absolute Gasteiger partial charge is 0.487 e. The molecule has 0 aliphatic carbocycles. The molecule has 29 heavy (non-hydrogen) atoms. The first-order valence-electron chi connectivity index (χ1n) is 9.60. The molecule has 2 rings (SSSR count). The number of nitrogens with one attached hydrogen (secondary N) is 1. The van der Waals surface area contributed by atoms with Crippen LogP contribution in [-0.2, 0) is 18.9 Å². The summed E-state index contributed by atoms with van der Waals surface area (Å²) in [7, 11) is 2.48. The van der Waals surface area contributed by atoms with E-state index >= 15 is 0 Å². The van der Waals surface area contributed by atoms with E-state index in [9.17, 15) is 9.59 Å². The molecule has 1 aromatic heterocycles. The van der Waals surface area contributed by atoms with Gasteiger partial charge >= 0.3 is 11.9 Å². The van der Waals surface area contributed by atoms with Crippen molar-refractivity contribution in [1.82, 2.24) is 4.98 Å². The first-order chi connectivity index (χ1) is 13.6. The van der Waals surface area contributed by atoms with Crippen molar-refractivity contribution in [2.45, 2.75) is 51.7 Å². The van der Waals surface area contributed by atoms with Gasteiger partial charge in [0.2, 0.25) is 0 Å². The van der Waals surface area contributed by atoms with E-state index in [1.165, 1.54) is 14.2 Å². The van der Waals surface area contributed by atoms with E-state index in [1.54, 1.807) is 0 Å². The molecule has 1 N–H and O–H groups in total. The Morgan fingerprint density at radius 3 is 1.48 bits per heavy atom. The van der Waals surface area contributed by atoms with Crippen molar-refractivity contribution < 1.29 is 38.0 Å². The lowest BCUT2D eigenvalue weighted by atomic mass is 9.89. The van der Waals surface area contributed by atoms with Gasteiger partial charge in [-0.15, -0.1) is 0 Å². The molecule has 0 spiro atoms. The van der Waals surface area contributed by atoms with Gasteiger partial charge in [0.25, 0.3) is 0 Å². The van der Waals surface area contributed by atoms with Crippen LogP contribution in [0.4, 0.5) is 0 Å². The van der Waals surface area contributed by atoms with Gasteiger partial charge in [-0.1, -0.05) is 0 Å². The van der Waals surface area contributed by atoms with E-state index in [-0.39, 0.29) is 36.1 Å². The zero-order valence-corrected chi connectivity index (χ0v) is 18.0. The minimum absolute atomic E-state index is 0.00590. The van der Waals surface area contributed by atoms with Gasteiger partial charge in [-0.2, -0.15) is 0 Å². The standard InChI is InChI=1S/C20H31NO8/c1-19(2)20(3,4)29-12-8-10-27-16-14(18(23)25-6)21-13(17(22)24-5)15(16)26-9-7-11-28-19/h21H,7-12H2,1-6H3. The van der Waals surface area contributed by atoms with Crippen molar-refractivity contribution in [3.8, 4) is 11.5 Å². The molecule has 9 nitrogen and oxygen atoms in total. The van der Waals surface area contributed by atoms with Crippen molar-refractivity contribution in [1.29, 1.82) is 0 Å². The van der Waals surface area contributed by atoms with Gasteiger partial charge in [0.15, 0.2) is 22.9 Å². The highest BCUT2D eigenvalue weighted by Gasteiger charge is 2.39. The number of H-pyrrole nitrogens is 1. The van der Waals surface area contributed by atoms with Gasteiger partial charge in [0.1, 0.15) is 0 Å². The summed E-state index contributed by atoms with van der Waals surface area (Å²) in [5.74, 6) is -1.11. The second-order valence-corrected chi connectivity index (χ2v) is 7.64. The number of aromatic nitrogens is 1. The van der Waals surface area contributed by atoms with Crippen molar-refractivity contribution in [3.63, 3.8) is 0 Å². The number of methoxy groups -OCH3 is 2. The van der Waals surface area contributed by atoms with Gasteiger partial charge in [0, 0.05) is 12.8 Å². The molecule has 0 aromatic carbocycles. The monoisotopic (exact) mass is 413 g/mol. The van der Waals surface area contributed by atoms with E-state index in [0.29, 0.717) is 26.1 Å². The van der Waals surface area contributed by atoms with Gasteiger partial charge in [-0.25, -0.2) is 9.59 Å². The summed E-state index contributed by atoms with van der Waals surface area (Å²) < 4.78 is 33.2. The third-order valence-electron chi connectivity index (χ3n) is 5.14. The van der Waals surface area contributed by atoms with Gasteiger partial charge < -0.3 is 33.4 Å². The molecule has 2 heterocycles. The highest BCUT2D eigenvalue weighted by Crippen LogP contribution is 2.37. The van der Waals surface area contributed by atoms with Crippen LogP contribution < -0.4 is 9.47 Å². The predicted molar refractivity (Wildman–Crippen MR) is 104 cm³/mol. The third kappa shape index (κ3) is 5.22. The minimum atomic E-state index is -0.677. The van der Waals surface area contributed by atoms with Crippen LogP contribution in [0.3, 0.4) is 0 Å². The fourth-order valence-electron chi connectivity index (χ4n) is 2.70. The number of carbonyl (C=O) groups is 2. The summed E-state index contributed by atoms with van der Waals surface area (Å²) in [5, 5.41) is 0. The molecule has 0 saturated heterocycles. The molecule has 1 aliphatic rings. The second kappa shape index (κ2) is 9.49. The molecule has 9 heteroatoms. The van der Waals surface area contributed by atoms with Crippen LogP contribution >= 0.6 is 0 Å². The number of hydrogen-bond donors (Lipinski definition) is 1. The number of hydrogen-bond acceptors (Lipinski definition) is 8. The fourth-order valence-corrected chi connectivity index (χ4v) is 2.70. The first kappa shape index (κ1) is 23.0. The quantitative estimate of drug-likeness (QED) is 0.738. The van der Waals surface area contributed by atoms with Gasteiger partial charge in [-0.05, 0) is 27.7 Å². The summed E-state index contributed by atoms with van der Waals surface area (Å²) >= 11 is 0. The van der Waals surface area contributed by atoms with Crippen molar-refractivity contribution >= 4 is 11.9 Å². The van der Waals surface area contributed by atoms with E-state index in [2.05, 4.69) is 4.98 Å². The van der Waals surface area contributed by atoms with Crippen molar-refractivity contribution in [2.75, 3.05) is 40.6 Å². The Morgan fingerprint density at radius 2 is 1.14 bits per heavy atom. The molecular weight excluding hydrogens is 382 g/mol. The van der Waals surface area contributed by atoms with E-state index in [0.717, 1.165) is 0 Å². The van der Waals surface area contributed by atoms with E-state index < -0.39 is 23.1 Å². The second-order valence-electron chi connectivity index (χ2n) is 7.64. The summed E-state index contributed by atoms with van der Waals surface area (Å²) in [6.45, 7) is 9.29. The normalized spacial score (nSPS) is 19.7. The minimum Gasteiger partial charge on any atom is -0.487 e. The van der Waals surface area contributed by atoms with Crippen LogP contribution in [0.15, 0.2) is 0 Å². The summed E-state index contributed by atoms with van der Waals surface area (Å²) in [5.41, 5.74) is -1.03. The van der Waals surface area contributed by atoms with E-state index in [1.807, 2.05) is 27.7 Å². The molecule has 164 valence electrons. The topological polar surface area (TPSA) is 105 Å². The third-order valence-corrected chi connectivity index (χ3v) is 5.14. The number of ether oxygens (including phenoxy) is 6. The zero-order chi connectivity index (χ0) is 21.7. The van der Waals surface area contributed by atoms with Crippen LogP contribution in [0.25, 0.3) is 0 Å². The molecule has 0 unspecified atom stereocenters. The van der Waals surface area contributed by atoms with Crippen molar-refractivity contribution in [3.05, 3.63) is 11.4 Å². The lowest BCUT2D eigenvalue weighted by Gasteiger charge is -2.41. The number of rotatable bonds is 2. The molecule has 0 bridgehead atoms. The summed E-state index contributed by atoms with van der Waals surface area (Å²) in [6.07, 6.45) is 1.11. The Balaban J connectivity index is 2.32. The molecule has 0 saturated carbocycles. The lowest BCUT2D eigenvalue weighted by molar-refractivity contribution is -0.178. The first-order valence-corrected chi connectivity index (χ1v) is 9.60. The van der Waals surface area contributed by atoms with Crippen LogP contribution in [-0.4, -0.2) is 68.8 Å². The smallest absolute Gasteiger partial charge is 0.358 e. The maximum atomic E-state index is 12.2. The highest BCUT2D eigenvalue weighted by molar-refractivity contribution is 5.98. The highest BCUT2D eigenvalue weighted by atomic mass is 16.6. The molecule has 1 aliphatic heterocycles. The molecule has 0 atom stereocenters. The molecule has 1 aromatic rings. The van der Waals surface area contributed by atoms with Crippen molar-refractivity contribution in [2.24, 2.45) is 0 Å². The van der Waals surface area contributed by atoms with Crippen LogP contribution in [0.1, 0.15) is 61.5 Å². The fraction of sp³-hybridized carbons (Fsp3) is 0.700. The van der Waals surface area contributed by atoms with E-state index in [4.69, 9.17) is 28.4 Å². The zero-order valence-electron chi connectivity index (χ0n) is 18.0. The summed E-state index contributed by atoms with van der Waals surface area (Å²) in [4.78, 5) is 27.0. The molecular formula is C20H31NO8. The Morgan fingerprint density at radius 1 is 0.759 bits per heavy atom. The van der Waals surface area contributed by atoms with Crippen LogP contribution in [0.2, 0.25) is 0 Å². The van der Waals surface area contributed by atoms with Crippen LogP contribution in [0.5, 0.6) is 11.5 Å². The summed E-state index contributed by atoms with van der Waals surface area (Å²) in [6, 6.07) is 0. The van der Waals surface area contributed by atoms with Gasteiger partial charge in [0.05, 0.1) is 51.8 Å². The molecule has 0 radical (unpaired) electrons. The predicted octanol–water partition coefficient (Wildman–Crippen LogP) is 2.73. The Hall–Kier alpha value is -2.26. The number of esters is 2. The Kier molecular flexibility index (Phi) is 7.54. The maximum Gasteiger partial charge on any atom is 0.358 e. The number of aromatic amines is 1. The molecule has 0 fully saturated rings. The lowest BCUT2D eigenvalue weighted by Crippen LogP contribution is -2.50. The molecule has 0 amide bonds.